The number of aliphatic hydroxyl groups excluding tert-OH is 5. The average Bonchev–Trinajstić information content (AvgIpc) is 2.74. The van der Waals surface area contributed by atoms with E-state index in [-0.39, 0.29) is 84.4 Å². The smallest absolute Gasteiger partial charge is 0.189 e. The second kappa shape index (κ2) is 12.6. The lowest BCUT2D eigenvalue weighted by atomic mass is 9.60. The molecule has 0 bridgehead atoms. The molecule has 10 nitrogen and oxygen atoms in total. The molecule has 0 spiro atoms. The highest BCUT2D eigenvalue weighted by atomic mass is 16.7. The topological polar surface area (TPSA) is 180 Å². The third-order valence-electron chi connectivity index (χ3n) is 6.02. The molecule has 0 amide bonds. The Kier molecular flexibility index (Phi) is 11.6. The maximum Gasteiger partial charge on any atom is 0.189 e. The third-order valence-corrected chi connectivity index (χ3v) is 6.02. The first-order valence-electron chi connectivity index (χ1n) is 10.8. The summed E-state index contributed by atoms with van der Waals surface area (Å²) in [5.74, 6) is 0. The maximum absolute atomic E-state index is 11.8. The molecule has 0 aromatic carbocycles. The minimum Gasteiger partial charge on any atom is -0.396 e. The van der Waals surface area contributed by atoms with Crippen molar-refractivity contribution in [1.82, 2.24) is 0 Å². The van der Waals surface area contributed by atoms with Crippen LogP contribution in [-0.2, 0) is 9.47 Å². The van der Waals surface area contributed by atoms with Crippen LogP contribution in [0.15, 0.2) is 0 Å². The van der Waals surface area contributed by atoms with Crippen molar-refractivity contribution in [3.8, 4) is 0 Å². The van der Waals surface area contributed by atoms with Crippen LogP contribution in [0, 0.1) is 0 Å². The molecule has 0 saturated carbocycles. The van der Waals surface area contributed by atoms with Crippen molar-refractivity contribution in [2.24, 2.45) is 0 Å². The van der Waals surface area contributed by atoms with E-state index in [1.807, 2.05) is 0 Å². The van der Waals surface area contributed by atoms with Gasteiger partial charge in [0.15, 0.2) is 6.29 Å². The van der Waals surface area contributed by atoms with Crippen molar-refractivity contribution in [2.45, 2.75) is 93.6 Å². The molecule has 0 aliphatic carbocycles. The maximum atomic E-state index is 11.8. The molecular formula is C20H40O10. The van der Waals surface area contributed by atoms with Crippen LogP contribution < -0.4 is 0 Å². The van der Waals surface area contributed by atoms with Gasteiger partial charge in [-0.3, -0.25) is 0 Å². The molecule has 0 aromatic heterocycles. The van der Waals surface area contributed by atoms with E-state index < -0.39 is 35.3 Å². The predicted molar refractivity (Wildman–Crippen MR) is 106 cm³/mol. The summed E-state index contributed by atoms with van der Waals surface area (Å²) in [5, 5.41) is 83.0. The molecule has 10 heteroatoms. The quantitative estimate of drug-likeness (QED) is 0.148. The number of aliphatic hydroxyl groups is 8. The fourth-order valence-electron chi connectivity index (χ4n) is 4.49. The van der Waals surface area contributed by atoms with Crippen molar-refractivity contribution in [2.75, 3.05) is 33.0 Å². The van der Waals surface area contributed by atoms with Crippen molar-refractivity contribution in [3.05, 3.63) is 0 Å². The molecule has 1 aliphatic heterocycles. The summed E-state index contributed by atoms with van der Waals surface area (Å²) >= 11 is 0. The van der Waals surface area contributed by atoms with E-state index in [1.165, 1.54) is 0 Å². The molecule has 1 aliphatic rings. The summed E-state index contributed by atoms with van der Waals surface area (Å²) in [6, 6.07) is 0. The SMILES string of the molecule is CCO[C@H]1O[C@H](C(O)CCCO)[C@@](O)(CCCO)[C@@](O)(CCCO)[C@]1(O)CCCO. The van der Waals surface area contributed by atoms with Crippen molar-refractivity contribution in [3.63, 3.8) is 0 Å². The Labute approximate surface area is 177 Å². The van der Waals surface area contributed by atoms with Crippen LogP contribution in [0.1, 0.15) is 58.3 Å². The van der Waals surface area contributed by atoms with E-state index in [1.54, 1.807) is 6.92 Å². The Morgan fingerprint density at radius 2 is 1.30 bits per heavy atom. The molecule has 1 fully saturated rings. The van der Waals surface area contributed by atoms with Gasteiger partial charge in [0.1, 0.15) is 22.9 Å². The molecule has 6 atom stereocenters. The molecule has 0 radical (unpaired) electrons. The second-order valence-corrected chi connectivity index (χ2v) is 7.97. The van der Waals surface area contributed by atoms with Crippen LogP contribution in [0.3, 0.4) is 0 Å². The second-order valence-electron chi connectivity index (χ2n) is 7.97. The summed E-state index contributed by atoms with van der Waals surface area (Å²) in [7, 11) is 0. The molecule has 1 unspecified atom stereocenters. The fourth-order valence-corrected chi connectivity index (χ4v) is 4.49. The van der Waals surface area contributed by atoms with Gasteiger partial charge >= 0.3 is 0 Å². The van der Waals surface area contributed by atoms with Crippen molar-refractivity contribution < 1.29 is 50.3 Å². The average molecular weight is 441 g/mol. The van der Waals surface area contributed by atoms with Gasteiger partial charge in [-0.15, -0.1) is 0 Å². The predicted octanol–water partition coefficient (Wildman–Crippen LogP) is -1.61. The van der Waals surface area contributed by atoms with Gasteiger partial charge in [0.2, 0.25) is 0 Å². The van der Waals surface area contributed by atoms with Crippen LogP contribution in [0.25, 0.3) is 0 Å². The van der Waals surface area contributed by atoms with Crippen LogP contribution in [0.4, 0.5) is 0 Å². The molecule has 0 aromatic rings. The Morgan fingerprint density at radius 3 is 1.80 bits per heavy atom. The van der Waals surface area contributed by atoms with Gasteiger partial charge in [0, 0.05) is 33.0 Å². The summed E-state index contributed by atoms with van der Waals surface area (Å²) < 4.78 is 11.4. The van der Waals surface area contributed by atoms with Crippen LogP contribution in [0.2, 0.25) is 0 Å². The van der Waals surface area contributed by atoms with E-state index in [2.05, 4.69) is 0 Å². The first kappa shape index (κ1) is 27.6. The van der Waals surface area contributed by atoms with Gasteiger partial charge < -0.3 is 50.3 Å². The van der Waals surface area contributed by atoms with Gasteiger partial charge in [-0.25, -0.2) is 0 Å². The molecule has 1 heterocycles. The number of ether oxygens (including phenoxy) is 2. The fraction of sp³-hybridized carbons (Fsp3) is 1.00. The highest BCUT2D eigenvalue weighted by Crippen LogP contribution is 2.52. The number of hydrogen-bond acceptors (Lipinski definition) is 10. The first-order valence-corrected chi connectivity index (χ1v) is 10.8. The minimum absolute atomic E-state index is 0.0394. The zero-order chi connectivity index (χ0) is 22.8. The van der Waals surface area contributed by atoms with Gasteiger partial charge in [-0.1, -0.05) is 0 Å². The van der Waals surface area contributed by atoms with Crippen molar-refractivity contribution >= 4 is 0 Å². The Hall–Kier alpha value is -0.400. The van der Waals surface area contributed by atoms with Gasteiger partial charge in [0.05, 0.1) is 6.10 Å². The Morgan fingerprint density at radius 1 is 0.800 bits per heavy atom. The van der Waals surface area contributed by atoms with E-state index in [0.717, 1.165) is 0 Å². The van der Waals surface area contributed by atoms with Crippen LogP contribution in [0.5, 0.6) is 0 Å². The van der Waals surface area contributed by atoms with E-state index in [9.17, 15) is 35.7 Å². The number of hydrogen-bond donors (Lipinski definition) is 8. The lowest BCUT2D eigenvalue weighted by molar-refractivity contribution is -0.413. The molecule has 1 rings (SSSR count). The molecule has 180 valence electrons. The normalized spacial score (nSPS) is 35.5. The van der Waals surface area contributed by atoms with Crippen LogP contribution in [-0.4, -0.2) is 109 Å². The standard InChI is InChI=1S/C20H40O10/c1-2-29-17-19(27,9-5-13-23)20(28,10-6-14-24)18(26,8-4-12-22)16(30-17)15(25)7-3-11-21/h15-17,21-28H,2-14H2,1H3/t15?,16-,17+,18+,19+,20+/m1/s1. The zero-order valence-electron chi connectivity index (χ0n) is 17.8. The third kappa shape index (κ3) is 5.50. The van der Waals surface area contributed by atoms with E-state index in [0.29, 0.717) is 0 Å². The highest BCUT2D eigenvalue weighted by Gasteiger charge is 2.71. The zero-order valence-corrected chi connectivity index (χ0v) is 17.8. The minimum atomic E-state index is -2.28. The Balaban J connectivity index is 3.55. The first-order chi connectivity index (χ1) is 14.2. The Bertz CT molecular complexity index is 481. The van der Waals surface area contributed by atoms with Gasteiger partial charge in [-0.05, 0) is 58.3 Å². The highest BCUT2D eigenvalue weighted by molar-refractivity contribution is 5.20. The van der Waals surface area contributed by atoms with E-state index in [4.69, 9.17) is 14.6 Å². The van der Waals surface area contributed by atoms with E-state index >= 15 is 0 Å². The van der Waals surface area contributed by atoms with Gasteiger partial charge in [0.25, 0.3) is 0 Å². The monoisotopic (exact) mass is 440 g/mol. The lowest BCUT2D eigenvalue weighted by Crippen LogP contribution is -2.81. The summed E-state index contributed by atoms with van der Waals surface area (Å²) in [5.41, 5.74) is -6.63. The summed E-state index contributed by atoms with van der Waals surface area (Å²) in [6.45, 7) is 0.676. The number of rotatable bonds is 15. The largest absolute Gasteiger partial charge is 0.396 e. The summed E-state index contributed by atoms with van der Waals surface area (Å²) in [4.78, 5) is 0. The molecule has 30 heavy (non-hydrogen) atoms. The molecule has 8 N–H and O–H groups in total. The molecule has 1 saturated heterocycles. The van der Waals surface area contributed by atoms with Crippen molar-refractivity contribution in [1.29, 1.82) is 0 Å². The van der Waals surface area contributed by atoms with Gasteiger partial charge in [-0.2, -0.15) is 0 Å². The molecular weight excluding hydrogens is 400 g/mol. The van der Waals surface area contributed by atoms with Crippen LogP contribution >= 0.6 is 0 Å². The summed E-state index contributed by atoms with van der Waals surface area (Å²) in [6.07, 6.45) is -4.24. The lowest BCUT2D eigenvalue weighted by Gasteiger charge is -2.62.